The number of benzene rings is 9. The van der Waals surface area contributed by atoms with Crippen LogP contribution in [-0.2, 0) is 0 Å². The van der Waals surface area contributed by atoms with Crippen molar-refractivity contribution in [1.82, 2.24) is 34.1 Å². The molecule has 0 unspecified atom stereocenters. The van der Waals surface area contributed by atoms with E-state index >= 15 is 0 Å². The highest BCUT2D eigenvalue weighted by Crippen LogP contribution is 2.40. The second-order valence-corrected chi connectivity index (χ2v) is 16.9. The summed E-state index contributed by atoms with van der Waals surface area (Å²) in [5.74, 6) is 2.42. The molecule has 13 rings (SSSR count). The van der Waals surface area contributed by atoms with Crippen molar-refractivity contribution in [2.75, 3.05) is 0 Å². The molecule has 9 aromatic carbocycles. The van der Waals surface area contributed by atoms with Gasteiger partial charge in [0.2, 0.25) is 5.95 Å². The number of fused-ring (bicyclic) bond motifs is 6. The number of rotatable bonds is 8. The number of aromatic nitrogens is 7. The van der Waals surface area contributed by atoms with Crippen LogP contribution in [0.2, 0.25) is 0 Å². The summed E-state index contributed by atoms with van der Waals surface area (Å²) < 4.78 is 4.57. The van der Waals surface area contributed by atoms with Crippen molar-refractivity contribution in [1.29, 1.82) is 0 Å². The van der Waals surface area contributed by atoms with Gasteiger partial charge in [0.15, 0.2) is 17.5 Å². The Morgan fingerprint density at radius 2 is 0.662 bits per heavy atom. The van der Waals surface area contributed by atoms with Crippen LogP contribution in [0.15, 0.2) is 237 Å². The van der Waals surface area contributed by atoms with E-state index < -0.39 is 0 Å². The smallest absolute Gasteiger partial charge is 0.238 e. The van der Waals surface area contributed by atoms with E-state index in [-0.39, 0.29) is 0 Å². The molecule has 0 bridgehead atoms. The summed E-state index contributed by atoms with van der Waals surface area (Å²) in [6.07, 6.45) is 0. The SMILES string of the molecule is c1ccc(-c2cccc(-c3nc(-c4ccccc4)nc(-n4c5ccccc5c5cc6c(cc54)c4ccccc4n6-c4cccc(-c5nc(-c6ccccc6)cc(-c6ccccc6)n5)c4)n3)c2)cc1. The van der Waals surface area contributed by atoms with Crippen LogP contribution in [0.4, 0.5) is 0 Å². The lowest BCUT2D eigenvalue weighted by molar-refractivity contribution is 0.954. The molecule has 13 aromatic rings. The van der Waals surface area contributed by atoms with Gasteiger partial charge in [0.25, 0.3) is 0 Å². The molecule has 0 spiro atoms. The summed E-state index contributed by atoms with van der Waals surface area (Å²) in [6.45, 7) is 0. The lowest BCUT2D eigenvalue weighted by atomic mass is 10.0. The van der Waals surface area contributed by atoms with Gasteiger partial charge >= 0.3 is 0 Å². The largest absolute Gasteiger partial charge is 0.309 e. The summed E-state index contributed by atoms with van der Waals surface area (Å²) in [5.41, 5.74) is 14.0. The molecule has 0 amide bonds. The summed E-state index contributed by atoms with van der Waals surface area (Å²) >= 11 is 0. The molecule has 0 aliphatic carbocycles. The van der Waals surface area contributed by atoms with Crippen molar-refractivity contribution in [2.24, 2.45) is 0 Å². The summed E-state index contributed by atoms with van der Waals surface area (Å²) in [4.78, 5) is 26.1. The minimum atomic E-state index is 0.550. The van der Waals surface area contributed by atoms with Crippen molar-refractivity contribution in [2.45, 2.75) is 0 Å². The lowest BCUT2D eigenvalue weighted by Gasteiger charge is -2.12. The van der Waals surface area contributed by atoms with Crippen molar-refractivity contribution in [3.05, 3.63) is 237 Å². The van der Waals surface area contributed by atoms with Crippen molar-refractivity contribution >= 4 is 43.6 Å². The summed E-state index contributed by atoms with van der Waals surface area (Å²) in [7, 11) is 0. The van der Waals surface area contributed by atoms with Crippen molar-refractivity contribution < 1.29 is 0 Å². The van der Waals surface area contributed by atoms with Gasteiger partial charge in [0, 0.05) is 55.0 Å². The molecule has 7 nitrogen and oxygen atoms in total. The number of para-hydroxylation sites is 2. The predicted molar refractivity (Wildman–Crippen MR) is 277 cm³/mol. The first-order chi connectivity index (χ1) is 33.7. The van der Waals surface area contributed by atoms with E-state index in [9.17, 15) is 0 Å². The topological polar surface area (TPSA) is 74.3 Å². The van der Waals surface area contributed by atoms with E-state index in [4.69, 9.17) is 24.9 Å². The molecule has 0 N–H and O–H groups in total. The van der Waals surface area contributed by atoms with Crippen LogP contribution in [0.1, 0.15) is 0 Å². The molecule has 0 radical (unpaired) electrons. The fraction of sp³-hybridized carbons (Fsp3) is 0. The molecular weight excluding hydrogens is 831 g/mol. The summed E-state index contributed by atoms with van der Waals surface area (Å²) in [5, 5.41) is 4.45. The van der Waals surface area contributed by atoms with Crippen LogP contribution < -0.4 is 0 Å². The fourth-order valence-electron chi connectivity index (χ4n) is 9.58. The highest BCUT2D eigenvalue weighted by molar-refractivity contribution is 6.19. The Morgan fingerprint density at radius 1 is 0.235 bits per heavy atom. The third-order valence-electron chi connectivity index (χ3n) is 12.8. The lowest BCUT2D eigenvalue weighted by Crippen LogP contribution is -2.06. The molecule has 4 aromatic heterocycles. The van der Waals surface area contributed by atoms with Crippen molar-refractivity contribution in [3.63, 3.8) is 0 Å². The Balaban J connectivity index is 1.01. The van der Waals surface area contributed by atoms with E-state index in [2.05, 4.69) is 185 Å². The minimum absolute atomic E-state index is 0.550. The van der Waals surface area contributed by atoms with E-state index in [1.54, 1.807) is 0 Å². The van der Waals surface area contributed by atoms with Gasteiger partial charge in [-0.1, -0.05) is 188 Å². The second kappa shape index (κ2) is 16.3. The maximum atomic E-state index is 5.31. The Kier molecular flexibility index (Phi) is 9.35. The molecule has 0 saturated carbocycles. The Labute approximate surface area is 392 Å². The Morgan fingerprint density at radius 3 is 1.26 bits per heavy atom. The molecular formula is C61H39N7. The van der Waals surface area contributed by atoms with Gasteiger partial charge in [0.1, 0.15) is 0 Å². The van der Waals surface area contributed by atoms with Gasteiger partial charge in [-0.2, -0.15) is 9.97 Å². The van der Waals surface area contributed by atoms with E-state index in [0.717, 1.165) is 99.6 Å². The highest BCUT2D eigenvalue weighted by atomic mass is 15.2. The third-order valence-corrected chi connectivity index (χ3v) is 12.8. The first-order valence-corrected chi connectivity index (χ1v) is 22.7. The van der Waals surface area contributed by atoms with Gasteiger partial charge < -0.3 is 4.57 Å². The minimum Gasteiger partial charge on any atom is -0.309 e. The molecule has 4 heterocycles. The zero-order chi connectivity index (χ0) is 45.0. The maximum absolute atomic E-state index is 5.31. The quantitative estimate of drug-likeness (QED) is 0.152. The predicted octanol–water partition coefficient (Wildman–Crippen LogP) is 14.9. The molecule has 0 aliphatic rings. The second-order valence-electron chi connectivity index (χ2n) is 16.9. The molecule has 7 heteroatoms. The normalized spacial score (nSPS) is 11.5. The number of hydrogen-bond acceptors (Lipinski definition) is 5. The van der Waals surface area contributed by atoms with E-state index in [1.165, 1.54) is 0 Å². The zero-order valence-corrected chi connectivity index (χ0v) is 36.6. The average Bonchev–Trinajstić information content (AvgIpc) is 3.93. The average molecular weight is 870 g/mol. The molecule has 0 atom stereocenters. The fourth-order valence-corrected chi connectivity index (χ4v) is 9.58. The first kappa shape index (κ1) is 39.1. The van der Waals surface area contributed by atoms with Crippen LogP contribution in [0.3, 0.4) is 0 Å². The zero-order valence-electron chi connectivity index (χ0n) is 36.6. The summed E-state index contributed by atoms with van der Waals surface area (Å²) in [6, 6.07) is 82.2. The van der Waals surface area contributed by atoms with Gasteiger partial charge in [-0.15, -0.1) is 0 Å². The van der Waals surface area contributed by atoms with Crippen molar-refractivity contribution in [3.8, 4) is 79.4 Å². The van der Waals surface area contributed by atoms with Gasteiger partial charge in [-0.3, -0.25) is 4.57 Å². The number of hydrogen-bond donors (Lipinski definition) is 0. The van der Waals surface area contributed by atoms with Crippen LogP contribution in [0.5, 0.6) is 0 Å². The monoisotopic (exact) mass is 869 g/mol. The molecule has 0 aliphatic heterocycles. The molecule has 318 valence electrons. The van der Waals surface area contributed by atoms with Crippen LogP contribution >= 0.6 is 0 Å². The Hall–Kier alpha value is -9.33. The standard InChI is InChI=1S/C61H39N7/c1-5-19-40(20-6-1)44-27-17-28-45(35-44)60-64-58(43-25-11-4-12-26-43)65-61(66-60)68-55-34-16-14-32-49(55)51-37-56-50(38-57(51)68)48-31-13-15-33-54(48)67(56)47-30-18-29-46(36-47)59-62-52(41-21-7-2-8-22-41)39-53(63-59)42-23-9-3-10-24-42/h1-39H. The number of nitrogens with zero attached hydrogens (tertiary/aromatic N) is 7. The maximum Gasteiger partial charge on any atom is 0.238 e. The van der Waals surface area contributed by atoms with Crippen LogP contribution in [0, 0.1) is 0 Å². The third kappa shape index (κ3) is 6.80. The van der Waals surface area contributed by atoms with Gasteiger partial charge in [0.05, 0.1) is 33.5 Å². The molecule has 0 fully saturated rings. The van der Waals surface area contributed by atoms with E-state index in [1.807, 2.05) is 60.7 Å². The van der Waals surface area contributed by atoms with Gasteiger partial charge in [-0.25, -0.2) is 15.0 Å². The Bertz CT molecular complexity index is 3950. The van der Waals surface area contributed by atoms with Crippen LogP contribution in [-0.4, -0.2) is 34.1 Å². The van der Waals surface area contributed by atoms with Gasteiger partial charge in [-0.05, 0) is 59.7 Å². The van der Waals surface area contributed by atoms with E-state index in [0.29, 0.717) is 23.4 Å². The highest BCUT2D eigenvalue weighted by Gasteiger charge is 2.22. The first-order valence-electron chi connectivity index (χ1n) is 22.7. The molecule has 0 saturated heterocycles. The molecule has 68 heavy (non-hydrogen) atoms. The van der Waals surface area contributed by atoms with Crippen LogP contribution in [0.25, 0.3) is 123 Å².